The summed E-state index contributed by atoms with van der Waals surface area (Å²) in [5.74, 6) is -3.36. The predicted octanol–water partition coefficient (Wildman–Crippen LogP) is 1.93. The third-order valence-corrected chi connectivity index (χ3v) is 4.64. The normalized spacial score (nSPS) is 27.7. The second-order valence-corrected chi connectivity index (χ2v) is 5.86. The fourth-order valence-corrected chi connectivity index (χ4v) is 3.61. The number of carbonyl (C=O) groups excluding carboxylic acids is 2. The Kier molecular flexibility index (Phi) is 3.90. The quantitative estimate of drug-likeness (QED) is 0.654. The first kappa shape index (κ1) is 15.3. The highest BCUT2D eigenvalue weighted by Gasteiger charge is 2.51. The van der Waals surface area contributed by atoms with Crippen molar-refractivity contribution >= 4 is 23.5 Å². The van der Waals surface area contributed by atoms with Crippen LogP contribution >= 0.6 is 0 Å². The predicted molar refractivity (Wildman–Crippen MR) is 81.8 cm³/mol. The number of carboxylic acids is 1. The molecule has 1 aromatic carbocycles. The maximum atomic E-state index is 12.6. The molecule has 6 heteroatoms. The smallest absolute Gasteiger partial charge is 0.339 e. The summed E-state index contributed by atoms with van der Waals surface area (Å²) in [6, 6.07) is 6.51. The zero-order valence-corrected chi connectivity index (χ0v) is 12.6. The van der Waals surface area contributed by atoms with Gasteiger partial charge >= 0.3 is 11.9 Å². The number of carbonyl (C=O) groups is 3. The van der Waals surface area contributed by atoms with Crippen LogP contribution in [0.3, 0.4) is 0 Å². The number of benzene rings is 1. The summed E-state index contributed by atoms with van der Waals surface area (Å²) in [6.07, 6.45) is 4.49. The number of carboxylic acid groups (broad SMARTS) is 1. The van der Waals surface area contributed by atoms with Crippen LogP contribution in [0.1, 0.15) is 16.8 Å². The van der Waals surface area contributed by atoms with Gasteiger partial charge in [0, 0.05) is 0 Å². The summed E-state index contributed by atoms with van der Waals surface area (Å²) in [5.41, 5.74) is 0.578. The fourth-order valence-electron chi connectivity index (χ4n) is 3.61. The highest BCUT2D eigenvalue weighted by atomic mass is 16.5. The first-order chi connectivity index (χ1) is 11.0. The van der Waals surface area contributed by atoms with Crippen molar-refractivity contribution in [2.24, 2.45) is 23.7 Å². The van der Waals surface area contributed by atoms with Crippen LogP contribution in [0.4, 0.5) is 5.69 Å². The van der Waals surface area contributed by atoms with Gasteiger partial charge in [-0.3, -0.25) is 9.59 Å². The van der Waals surface area contributed by atoms with Gasteiger partial charge in [0.2, 0.25) is 5.91 Å². The number of hydrogen-bond donors (Lipinski definition) is 2. The minimum atomic E-state index is -0.955. The lowest BCUT2D eigenvalue weighted by atomic mass is 9.82. The van der Waals surface area contributed by atoms with Crippen molar-refractivity contribution in [3.8, 4) is 0 Å². The SMILES string of the molecule is COC(=O)c1ccccc1NC(=O)[C@@H]1[C@H](C(=O)O)[C@H]2C=C[C@H]1C2. The molecule has 6 nitrogen and oxygen atoms in total. The molecule has 3 rings (SSSR count). The molecular formula is C17H17NO5. The van der Waals surface area contributed by atoms with Crippen molar-refractivity contribution in [2.75, 3.05) is 12.4 Å². The molecule has 0 spiro atoms. The Labute approximate surface area is 133 Å². The summed E-state index contributed by atoms with van der Waals surface area (Å²) < 4.78 is 4.70. The van der Waals surface area contributed by atoms with Gasteiger partial charge in [0.25, 0.3) is 0 Å². The zero-order chi connectivity index (χ0) is 16.6. The standard InChI is InChI=1S/C17H17NO5/c1-23-17(22)11-4-2-3-5-12(11)18-15(19)13-9-6-7-10(8-9)14(13)16(20)21/h2-7,9-10,13-14H,8H2,1H3,(H,18,19)(H,20,21)/t9-,10-,13-,14+/m0/s1. The Morgan fingerprint density at radius 2 is 1.78 bits per heavy atom. The van der Waals surface area contributed by atoms with Crippen molar-refractivity contribution in [1.29, 1.82) is 0 Å². The van der Waals surface area contributed by atoms with Gasteiger partial charge in [-0.05, 0) is 30.4 Å². The molecule has 1 aromatic rings. The van der Waals surface area contributed by atoms with E-state index in [2.05, 4.69) is 5.32 Å². The van der Waals surface area contributed by atoms with E-state index in [9.17, 15) is 19.5 Å². The van der Waals surface area contributed by atoms with E-state index in [1.54, 1.807) is 24.3 Å². The van der Waals surface area contributed by atoms with E-state index in [1.807, 2.05) is 12.2 Å². The third kappa shape index (κ3) is 2.60. The summed E-state index contributed by atoms with van der Waals surface area (Å²) in [7, 11) is 1.27. The summed E-state index contributed by atoms with van der Waals surface area (Å²) in [6.45, 7) is 0. The highest BCUT2D eigenvalue weighted by molar-refractivity contribution is 6.03. The molecule has 1 saturated carbocycles. The van der Waals surface area contributed by atoms with Gasteiger partial charge < -0.3 is 15.2 Å². The second-order valence-electron chi connectivity index (χ2n) is 5.86. The number of nitrogens with one attached hydrogen (secondary N) is 1. The van der Waals surface area contributed by atoms with Crippen molar-refractivity contribution in [2.45, 2.75) is 6.42 Å². The lowest BCUT2D eigenvalue weighted by Gasteiger charge is -2.24. The van der Waals surface area contributed by atoms with Crippen molar-refractivity contribution in [1.82, 2.24) is 0 Å². The van der Waals surface area contributed by atoms with E-state index in [-0.39, 0.29) is 23.3 Å². The first-order valence-corrected chi connectivity index (χ1v) is 7.42. The van der Waals surface area contributed by atoms with Gasteiger partial charge in [0.05, 0.1) is 30.2 Å². The van der Waals surface area contributed by atoms with Crippen LogP contribution in [0.5, 0.6) is 0 Å². The van der Waals surface area contributed by atoms with Gasteiger partial charge in [0.15, 0.2) is 0 Å². The number of ether oxygens (including phenoxy) is 1. The Balaban J connectivity index is 1.84. The first-order valence-electron chi connectivity index (χ1n) is 7.42. The average Bonchev–Trinajstić information content (AvgIpc) is 3.15. The second kappa shape index (κ2) is 5.87. The van der Waals surface area contributed by atoms with Crippen LogP contribution in [0.25, 0.3) is 0 Å². The monoisotopic (exact) mass is 315 g/mol. The number of allylic oxidation sites excluding steroid dienone is 2. The van der Waals surface area contributed by atoms with Crippen molar-refractivity contribution in [3.63, 3.8) is 0 Å². The molecule has 2 aliphatic rings. The molecule has 2 bridgehead atoms. The van der Waals surface area contributed by atoms with E-state index < -0.39 is 23.8 Å². The maximum absolute atomic E-state index is 12.6. The van der Waals surface area contributed by atoms with Gasteiger partial charge in [-0.15, -0.1) is 0 Å². The van der Waals surface area contributed by atoms with Gasteiger partial charge in [-0.25, -0.2) is 4.79 Å². The van der Waals surface area contributed by atoms with E-state index in [4.69, 9.17) is 4.74 Å². The molecular weight excluding hydrogens is 298 g/mol. The molecule has 23 heavy (non-hydrogen) atoms. The van der Waals surface area contributed by atoms with E-state index in [0.717, 1.165) is 0 Å². The topological polar surface area (TPSA) is 92.7 Å². The fraction of sp³-hybridized carbons (Fsp3) is 0.353. The van der Waals surface area contributed by atoms with Crippen LogP contribution < -0.4 is 5.32 Å². The number of rotatable bonds is 4. The Hall–Kier alpha value is -2.63. The Morgan fingerprint density at radius 1 is 1.13 bits per heavy atom. The number of esters is 1. The zero-order valence-electron chi connectivity index (χ0n) is 12.6. The van der Waals surface area contributed by atoms with Crippen LogP contribution in [0, 0.1) is 23.7 Å². The van der Waals surface area contributed by atoms with Crippen molar-refractivity contribution < 1.29 is 24.2 Å². The number of methoxy groups -OCH3 is 1. The van der Waals surface area contributed by atoms with Crippen molar-refractivity contribution in [3.05, 3.63) is 42.0 Å². The Bertz CT molecular complexity index is 696. The highest BCUT2D eigenvalue weighted by Crippen LogP contribution is 2.48. The summed E-state index contributed by atoms with van der Waals surface area (Å²) >= 11 is 0. The number of hydrogen-bond acceptors (Lipinski definition) is 4. The number of para-hydroxylation sites is 1. The minimum Gasteiger partial charge on any atom is -0.481 e. The summed E-state index contributed by atoms with van der Waals surface area (Å²) in [4.78, 5) is 35.9. The van der Waals surface area contributed by atoms with Crippen LogP contribution in [-0.2, 0) is 14.3 Å². The maximum Gasteiger partial charge on any atom is 0.339 e. The van der Waals surface area contributed by atoms with E-state index in [1.165, 1.54) is 7.11 Å². The molecule has 0 aliphatic heterocycles. The average molecular weight is 315 g/mol. The number of aliphatic carboxylic acids is 1. The minimum absolute atomic E-state index is 0.0635. The van der Waals surface area contributed by atoms with E-state index in [0.29, 0.717) is 12.1 Å². The lowest BCUT2D eigenvalue weighted by Crippen LogP contribution is -2.36. The van der Waals surface area contributed by atoms with Crippen LogP contribution in [-0.4, -0.2) is 30.1 Å². The number of fused-ring (bicyclic) bond motifs is 2. The van der Waals surface area contributed by atoms with Crippen LogP contribution in [0.15, 0.2) is 36.4 Å². The molecule has 2 N–H and O–H groups in total. The largest absolute Gasteiger partial charge is 0.481 e. The molecule has 1 fully saturated rings. The molecule has 120 valence electrons. The van der Waals surface area contributed by atoms with Gasteiger partial charge in [0.1, 0.15) is 0 Å². The summed E-state index contributed by atoms with van der Waals surface area (Å²) in [5, 5.41) is 12.1. The molecule has 0 unspecified atom stereocenters. The number of anilines is 1. The van der Waals surface area contributed by atoms with Crippen LogP contribution in [0.2, 0.25) is 0 Å². The lowest BCUT2D eigenvalue weighted by molar-refractivity contribution is -0.146. The third-order valence-electron chi connectivity index (χ3n) is 4.64. The Morgan fingerprint density at radius 3 is 2.43 bits per heavy atom. The van der Waals surface area contributed by atoms with Gasteiger partial charge in [-0.1, -0.05) is 24.3 Å². The molecule has 1 amide bonds. The van der Waals surface area contributed by atoms with E-state index >= 15 is 0 Å². The molecule has 0 heterocycles. The molecule has 2 aliphatic carbocycles. The number of amides is 1. The molecule has 0 radical (unpaired) electrons. The molecule has 4 atom stereocenters. The molecule has 0 aromatic heterocycles. The molecule has 0 saturated heterocycles. The van der Waals surface area contributed by atoms with Gasteiger partial charge in [-0.2, -0.15) is 0 Å².